The molecule has 1 nitrogen and oxygen atoms in total. The first-order valence-corrected chi connectivity index (χ1v) is 4.30. The van der Waals surface area contributed by atoms with Crippen molar-refractivity contribution in [1.29, 1.82) is 0 Å². The number of hydrogen-bond acceptors (Lipinski definition) is 1. The van der Waals surface area contributed by atoms with Crippen LogP contribution in [0.4, 0.5) is 0 Å². The van der Waals surface area contributed by atoms with Crippen molar-refractivity contribution in [3.63, 3.8) is 0 Å². The number of rotatable bonds is 1. The van der Waals surface area contributed by atoms with Gasteiger partial charge in [-0.05, 0) is 38.0 Å². The van der Waals surface area contributed by atoms with Crippen LogP contribution in [0.1, 0.15) is 40.0 Å². The SMILES string of the molecule is CC(C)[C@H]1CC[C@](C)(N)C1. The first kappa shape index (κ1) is 8.06. The monoisotopic (exact) mass is 141 g/mol. The zero-order chi connectivity index (χ0) is 7.78. The van der Waals surface area contributed by atoms with Gasteiger partial charge in [-0.25, -0.2) is 0 Å². The van der Waals surface area contributed by atoms with Gasteiger partial charge in [0.1, 0.15) is 0 Å². The maximum atomic E-state index is 6.01. The Balaban J connectivity index is 2.43. The van der Waals surface area contributed by atoms with Crippen LogP contribution in [0.25, 0.3) is 0 Å². The highest BCUT2D eigenvalue weighted by atomic mass is 14.7. The van der Waals surface area contributed by atoms with Gasteiger partial charge in [0, 0.05) is 5.54 Å². The quantitative estimate of drug-likeness (QED) is 0.595. The second-order valence-corrected chi connectivity index (χ2v) is 4.40. The van der Waals surface area contributed by atoms with E-state index in [0.717, 1.165) is 11.8 Å². The van der Waals surface area contributed by atoms with Gasteiger partial charge in [0.25, 0.3) is 0 Å². The van der Waals surface area contributed by atoms with Crippen molar-refractivity contribution in [2.75, 3.05) is 0 Å². The summed E-state index contributed by atoms with van der Waals surface area (Å²) in [6.07, 6.45) is 3.78. The molecule has 10 heavy (non-hydrogen) atoms. The van der Waals surface area contributed by atoms with Crippen molar-refractivity contribution in [3.8, 4) is 0 Å². The summed E-state index contributed by atoms with van der Waals surface area (Å²) in [5, 5.41) is 0. The minimum atomic E-state index is 0.148. The predicted octanol–water partition coefficient (Wildman–Crippen LogP) is 2.16. The van der Waals surface area contributed by atoms with Crippen molar-refractivity contribution in [2.24, 2.45) is 17.6 Å². The maximum Gasteiger partial charge on any atom is 0.0128 e. The second-order valence-electron chi connectivity index (χ2n) is 4.40. The fraction of sp³-hybridized carbons (Fsp3) is 1.00. The van der Waals surface area contributed by atoms with E-state index in [1.165, 1.54) is 19.3 Å². The van der Waals surface area contributed by atoms with Crippen molar-refractivity contribution in [3.05, 3.63) is 0 Å². The Hall–Kier alpha value is -0.0400. The van der Waals surface area contributed by atoms with Crippen LogP contribution in [0.5, 0.6) is 0 Å². The first-order valence-electron chi connectivity index (χ1n) is 4.30. The third-order valence-electron chi connectivity index (χ3n) is 2.76. The molecule has 0 amide bonds. The third kappa shape index (κ3) is 1.72. The molecule has 0 radical (unpaired) electrons. The molecule has 0 spiro atoms. The predicted molar refractivity (Wildman–Crippen MR) is 44.8 cm³/mol. The Morgan fingerprint density at radius 1 is 1.50 bits per heavy atom. The van der Waals surface area contributed by atoms with E-state index in [2.05, 4.69) is 20.8 Å². The van der Waals surface area contributed by atoms with Crippen LogP contribution in [0.15, 0.2) is 0 Å². The fourth-order valence-electron chi connectivity index (χ4n) is 1.89. The molecular formula is C9H19N. The highest BCUT2D eigenvalue weighted by Gasteiger charge is 2.32. The normalized spacial score (nSPS) is 41.1. The molecule has 0 aromatic carbocycles. The average Bonchev–Trinajstić information content (AvgIpc) is 2.10. The van der Waals surface area contributed by atoms with Crippen LogP contribution in [0.2, 0.25) is 0 Å². The Morgan fingerprint density at radius 2 is 2.10 bits per heavy atom. The Bertz CT molecular complexity index is 116. The molecule has 1 fully saturated rings. The smallest absolute Gasteiger partial charge is 0.0128 e. The van der Waals surface area contributed by atoms with Gasteiger partial charge in [-0.2, -0.15) is 0 Å². The van der Waals surface area contributed by atoms with Crippen molar-refractivity contribution in [2.45, 2.75) is 45.6 Å². The zero-order valence-electron chi connectivity index (χ0n) is 7.35. The van der Waals surface area contributed by atoms with Gasteiger partial charge in [-0.15, -0.1) is 0 Å². The lowest BCUT2D eigenvalue weighted by Gasteiger charge is -2.19. The lowest BCUT2D eigenvalue weighted by molar-refractivity contribution is 0.367. The van der Waals surface area contributed by atoms with E-state index >= 15 is 0 Å². The molecule has 60 valence electrons. The minimum absolute atomic E-state index is 0.148. The van der Waals surface area contributed by atoms with E-state index in [1.54, 1.807) is 0 Å². The summed E-state index contributed by atoms with van der Waals surface area (Å²) in [6.45, 7) is 6.77. The summed E-state index contributed by atoms with van der Waals surface area (Å²) >= 11 is 0. The molecule has 0 saturated heterocycles. The van der Waals surface area contributed by atoms with Gasteiger partial charge in [0.05, 0.1) is 0 Å². The third-order valence-corrected chi connectivity index (χ3v) is 2.76. The van der Waals surface area contributed by atoms with Crippen LogP contribution in [0, 0.1) is 11.8 Å². The Labute approximate surface area is 64.0 Å². The van der Waals surface area contributed by atoms with E-state index in [9.17, 15) is 0 Å². The zero-order valence-corrected chi connectivity index (χ0v) is 7.35. The molecule has 0 heterocycles. The van der Waals surface area contributed by atoms with Gasteiger partial charge < -0.3 is 5.73 Å². The second kappa shape index (κ2) is 2.54. The number of hydrogen-bond donors (Lipinski definition) is 1. The van der Waals surface area contributed by atoms with E-state index in [0.29, 0.717) is 0 Å². The summed E-state index contributed by atoms with van der Waals surface area (Å²) < 4.78 is 0. The molecule has 0 bridgehead atoms. The number of nitrogens with two attached hydrogens (primary N) is 1. The molecule has 1 heteroatoms. The Morgan fingerprint density at radius 3 is 2.30 bits per heavy atom. The molecule has 0 aliphatic heterocycles. The summed E-state index contributed by atoms with van der Waals surface area (Å²) in [5.74, 6) is 1.71. The average molecular weight is 141 g/mol. The van der Waals surface area contributed by atoms with Gasteiger partial charge >= 0.3 is 0 Å². The highest BCUT2D eigenvalue weighted by Crippen LogP contribution is 2.36. The van der Waals surface area contributed by atoms with Gasteiger partial charge in [0.2, 0.25) is 0 Å². The van der Waals surface area contributed by atoms with Crippen molar-refractivity contribution in [1.82, 2.24) is 0 Å². The fourth-order valence-corrected chi connectivity index (χ4v) is 1.89. The standard InChI is InChI=1S/C9H19N/c1-7(2)8-4-5-9(3,10)6-8/h7-8H,4-6,10H2,1-3H3/t8-,9-/m0/s1. The lowest BCUT2D eigenvalue weighted by Crippen LogP contribution is -2.32. The topological polar surface area (TPSA) is 26.0 Å². The van der Waals surface area contributed by atoms with Crippen molar-refractivity contribution >= 4 is 0 Å². The summed E-state index contributed by atoms with van der Waals surface area (Å²) in [5.41, 5.74) is 6.15. The van der Waals surface area contributed by atoms with Gasteiger partial charge in [0.15, 0.2) is 0 Å². The summed E-state index contributed by atoms with van der Waals surface area (Å²) in [4.78, 5) is 0. The lowest BCUT2D eigenvalue weighted by atomic mass is 9.92. The largest absolute Gasteiger partial charge is 0.325 e. The summed E-state index contributed by atoms with van der Waals surface area (Å²) in [7, 11) is 0. The molecule has 1 saturated carbocycles. The van der Waals surface area contributed by atoms with E-state index in [4.69, 9.17) is 5.73 Å². The van der Waals surface area contributed by atoms with E-state index in [1.807, 2.05) is 0 Å². The van der Waals surface area contributed by atoms with Crippen LogP contribution < -0.4 is 5.73 Å². The molecular weight excluding hydrogens is 122 g/mol. The van der Waals surface area contributed by atoms with Crippen LogP contribution >= 0.6 is 0 Å². The van der Waals surface area contributed by atoms with Crippen molar-refractivity contribution < 1.29 is 0 Å². The van der Waals surface area contributed by atoms with E-state index < -0.39 is 0 Å². The Kier molecular flexibility index (Phi) is 2.04. The van der Waals surface area contributed by atoms with Crippen LogP contribution in [0.3, 0.4) is 0 Å². The highest BCUT2D eigenvalue weighted by molar-refractivity contribution is 4.90. The maximum absolute atomic E-state index is 6.01. The summed E-state index contributed by atoms with van der Waals surface area (Å²) in [6, 6.07) is 0. The molecule has 1 aliphatic carbocycles. The van der Waals surface area contributed by atoms with Crippen LogP contribution in [-0.2, 0) is 0 Å². The molecule has 2 N–H and O–H groups in total. The molecule has 0 aromatic rings. The molecule has 1 rings (SSSR count). The van der Waals surface area contributed by atoms with Gasteiger partial charge in [-0.1, -0.05) is 13.8 Å². The molecule has 2 atom stereocenters. The molecule has 1 aliphatic rings. The minimum Gasteiger partial charge on any atom is -0.325 e. The molecule has 0 aromatic heterocycles. The van der Waals surface area contributed by atoms with Crippen LogP contribution in [-0.4, -0.2) is 5.54 Å². The van der Waals surface area contributed by atoms with Gasteiger partial charge in [-0.3, -0.25) is 0 Å². The van der Waals surface area contributed by atoms with E-state index in [-0.39, 0.29) is 5.54 Å². The first-order chi connectivity index (χ1) is 4.51. The molecule has 0 unspecified atom stereocenters.